The van der Waals surface area contributed by atoms with Gasteiger partial charge in [-0.15, -0.1) is 5.10 Å². The zero-order valence-corrected chi connectivity index (χ0v) is 10.6. The van der Waals surface area contributed by atoms with Crippen LogP contribution in [0.4, 0.5) is 5.82 Å². The molecule has 4 nitrogen and oxygen atoms in total. The first-order valence-electron chi connectivity index (χ1n) is 5.38. The molecule has 0 N–H and O–H groups in total. The molecule has 0 saturated carbocycles. The fourth-order valence-corrected chi connectivity index (χ4v) is 1.76. The summed E-state index contributed by atoms with van der Waals surface area (Å²) in [5, 5.41) is 17.5. The highest BCUT2D eigenvalue weighted by atomic mass is 35.5. The summed E-state index contributed by atoms with van der Waals surface area (Å²) in [7, 11) is 1.87. The van der Waals surface area contributed by atoms with E-state index in [1.165, 1.54) is 6.20 Å². The van der Waals surface area contributed by atoms with Crippen LogP contribution in [0, 0.1) is 11.3 Å². The number of halogens is 1. The number of nitrogens with zero attached hydrogens (tertiary/aromatic N) is 4. The van der Waals surface area contributed by atoms with Crippen molar-refractivity contribution in [1.29, 1.82) is 5.26 Å². The Labute approximate surface area is 110 Å². The van der Waals surface area contributed by atoms with E-state index in [4.69, 9.17) is 16.9 Å². The molecule has 5 heteroatoms. The number of hydrogen-bond donors (Lipinski definition) is 0. The van der Waals surface area contributed by atoms with E-state index < -0.39 is 0 Å². The Morgan fingerprint density at radius 1 is 1.28 bits per heavy atom. The molecule has 1 aromatic carbocycles. The van der Waals surface area contributed by atoms with E-state index in [0.29, 0.717) is 22.9 Å². The first-order valence-corrected chi connectivity index (χ1v) is 5.76. The highest BCUT2D eigenvalue weighted by Crippen LogP contribution is 2.17. The van der Waals surface area contributed by atoms with Gasteiger partial charge in [0.1, 0.15) is 6.07 Å². The van der Waals surface area contributed by atoms with Crippen molar-refractivity contribution in [2.75, 3.05) is 11.9 Å². The molecule has 0 amide bonds. The molecular weight excluding hydrogens is 248 g/mol. The van der Waals surface area contributed by atoms with E-state index in [1.54, 1.807) is 6.07 Å². The lowest BCUT2D eigenvalue weighted by molar-refractivity contribution is 0.863. The standard InChI is InChI=1S/C13H11ClN4/c1-18(9-10-2-4-12(14)5-3-10)13-11(8-15)6-7-16-17-13/h2-7H,9H2,1H3. The molecule has 2 aromatic rings. The predicted octanol–water partition coefficient (Wildman–Crippen LogP) is 2.64. The second kappa shape index (κ2) is 5.48. The molecule has 0 bridgehead atoms. The topological polar surface area (TPSA) is 52.8 Å². The first kappa shape index (κ1) is 12.3. The molecule has 2 rings (SSSR count). The van der Waals surface area contributed by atoms with E-state index in [-0.39, 0.29) is 0 Å². The molecule has 90 valence electrons. The molecule has 0 saturated heterocycles. The molecule has 0 atom stereocenters. The second-order valence-electron chi connectivity index (χ2n) is 3.86. The molecule has 0 fully saturated rings. The van der Waals surface area contributed by atoms with Gasteiger partial charge in [-0.3, -0.25) is 0 Å². The lowest BCUT2D eigenvalue weighted by atomic mass is 10.2. The van der Waals surface area contributed by atoms with Crippen molar-refractivity contribution in [3.05, 3.63) is 52.7 Å². The van der Waals surface area contributed by atoms with Gasteiger partial charge in [-0.2, -0.15) is 10.4 Å². The van der Waals surface area contributed by atoms with Gasteiger partial charge in [0.05, 0.1) is 11.8 Å². The SMILES string of the molecule is CN(Cc1ccc(Cl)cc1)c1nnccc1C#N. The molecule has 0 aliphatic heterocycles. The lowest BCUT2D eigenvalue weighted by Gasteiger charge is -2.18. The van der Waals surface area contributed by atoms with Gasteiger partial charge in [-0.25, -0.2) is 0 Å². The second-order valence-corrected chi connectivity index (χ2v) is 4.30. The molecule has 18 heavy (non-hydrogen) atoms. The molecule has 0 aliphatic carbocycles. The van der Waals surface area contributed by atoms with Gasteiger partial charge in [-0.1, -0.05) is 23.7 Å². The third-order valence-corrected chi connectivity index (χ3v) is 2.77. The molecule has 0 spiro atoms. The molecule has 0 radical (unpaired) electrons. The summed E-state index contributed by atoms with van der Waals surface area (Å²) in [5.74, 6) is 0.579. The fourth-order valence-electron chi connectivity index (χ4n) is 1.63. The van der Waals surface area contributed by atoms with Crippen LogP contribution in [-0.2, 0) is 6.54 Å². The van der Waals surface area contributed by atoms with Gasteiger partial charge in [0.15, 0.2) is 5.82 Å². The maximum absolute atomic E-state index is 9.01. The summed E-state index contributed by atoms with van der Waals surface area (Å²) in [5.41, 5.74) is 1.61. The van der Waals surface area contributed by atoms with Gasteiger partial charge in [0.2, 0.25) is 0 Å². The summed E-state index contributed by atoms with van der Waals surface area (Å²) >= 11 is 5.83. The Kier molecular flexibility index (Phi) is 3.75. The quantitative estimate of drug-likeness (QED) is 0.849. The number of rotatable bonds is 3. The fraction of sp³-hybridized carbons (Fsp3) is 0.154. The molecular formula is C13H11ClN4. The number of benzene rings is 1. The Morgan fingerprint density at radius 2 is 2.00 bits per heavy atom. The zero-order chi connectivity index (χ0) is 13.0. The van der Waals surface area contributed by atoms with E-state index in [9.17, 15) is 0 Å². The van der Waals surface area contributed by atoms with Crippen LogP contribution in [0.5, 0.6) is 0 Å². The van der Waals surface area contributed by atoms with E-state index in [1.807, 2.05) is 36.2 Å². The number of nitriles is 1. The van der Waals surface area contributed by atoms with E-state index in [2.05, 4.69) is 16.3 Å². The summed E-state index contributed by atoms with van der Waals surface area (Å²) in [4.78, 5) is 1.88. The lowest BCUT2D eigenvalue weighted by Crippen LogP contribution is -2.19. The van der Waals surface area contributed by atoms with Crippen molar-refractivity contribution in [2.24, 2.45) is 0 Å². The van der Waals surface area contributed by atoms with Crippen LogP contribution in [0.2, 0.25) is 5.02 Å². The smallest absolute Gasteiger partial charge is 0.169 e. The summed E-state index contributed by atoms with van der Waals surface area (Å²) < 4.78 is 0. The highest BCUT2D eigenvalue weighted by Gasteiger charge is 2.09. The van der Waals surface area contributed by atoms with Gasteiger partial charge >= 0.3 is 0 Å². The Bertz CT molecular complexity index is 574. The molecule has 0 unspecified atom stereocenters. The maximum Gasteiger partial charge on any atom is 0.169 e. The van der Waals surface area contributed by atoms with Crippen LogP contribution in [-0.4, -0.2) is 17.2 Å². The normalized spacial score (nSPS) is 9.83. The van der Waals surface area contributed by atoms with Crippen molar-refractivity contribution >= 4 is 17.4 Å². The van der Waals surface area contributed by atoms with Crippen LogP contribution in [0.15, 0.2) is 36.5 Å². The van der Waals surface area contributed by atoms with Crippen molar-refractivity contribution < 1.29 is 0 Å². The van der Waals surface area contributed by atoms with Crippen molar-refractivity contribution in [2.45, 2.75) is 6.54 Å². The van der Waals surface area contributed by atoms with E-state index >= 15 is 0 Å². The van der Waals surface area contributed by atoms with Crippen molar-refractivity contribution in [1.82, 2.24) is 10.2 Å². The average Bonchev–Trinajstić information content (AvgIpc) is 2.41. The van der Waals surface area contributed by atoms with Crippen LogP contribution >= 0.6 is 11.6 Å². The van der Waals surface area contributed by atoms with Crippen LogP contribution in [0.3, 0.4) is 0 Å². The summed E-state index contributed by atoms with van der Waals surface area (Å²) in [6, 6.07) is 11.3. The van der Waals surface area contributed by atoms with Crippen molar-refractivity contribution in [3.63, 3.8) is 0 Å². The van der Waals surface area contributed by atoms with Gasteiger partial charge < -0.3 is 4.90 Å². The third-order valence-electron chi connectivity index (χ3n) is 2.52. The summed E-state index contributed by atoms with van der Waals surface area (Å²) in [6.07, 6.45) is 1.51. The zero-order valence-electron chi connectivity index (χ0n) is 9.84. The van der Waals surface area contributed by atoms with Gasteiger partial charge in [0, 0.05) is 18.6 Å². The Balaban J connectivity index is 2.19. The number of aromatic nitrogens is 2. The van der Waals surface area contributed by atoms with Crippen LogP contribution in [0.1, 0.15) is 11.1 Å². The number of anilines is 1. The Morgan fingerprint density at radius 3 is 2.67 bits per heavy atom. The summed E-state index contributed by atoms with van der Waals surface area (Å²) in [6.45, 7) is 0.643. The predicted molar refractivity (Wildman–Crippen MR) is 70.3 cm³/mol. The first-order chi connectivity index (χ1) is 8.70. The van der Waals surface area contributed by atoms with Crippen LogP contribution in [0.25, 0.3) is 0 Å². The average molecular weight is 259 g/mol. The van der Waals surface area contributed by atoms with Gasteiger partial charge in [0.25, 0.3) is 0 Å². The highest BCUT2D eigenvalue weighted by molar-refractivity contribution is 6.30. The maximum atomic E-state index is 9.01. The van der Waals surface area contributed by atoms with E-state index in [0.717, 1.165) is 5.56 Å². The van der Waals surface area contributed by atoms with Gasteiger partial charge in [-0.05, 0) is 23.8 Å². The molecule has 0 aliphatic rings. The minimum absolute atomic E-state index is 0.515. The van der Waals surface area contributed by atoms with Crippen molar-refractivity contribution in [3.8, 4) is 6.07 Å². The molecule has 1 aromatic heterocycles. The minimum Gasteiger partial charge on any atom is -0.353 e. The third kappa shape index (κ3) is 2.76. The number of hydrogen-bond acceptors (Lipinski definition) is 4. The monoisotopic (exact) mass is 258 g/mol. The minimum atomic E-state index is 0.515. The van der Waals surface area contributed by atoms with Crippen LogP contribution < -0.4 is 4.90 Å². The molecule has 1 heterocycles. The largest absolute Gasteiger partial charge is 0.353 e. The Hall–Kier alpha value is -2.12.